The van der Waals surface area contributed by atoms with E-state index in [9.17, 15) is 0 Å². The first-order chi connectivity index (χ1) is 6.84. The number of hydrogen-bond donors (Lipinski definition) is 0. The van der Waals surface area contributed by atoms with E-state index in [1.165, 1.54) is 10.8 Å². The Morgan fingerprint density at radius 2 is 2.14 bits per heavy atom. The van der Waals surface area contributed by atoms with Crippen molar-refractivity contribution in [1.29, 1.82) is 0 Å². The van der Waals surface area contributed by atoms with Gasteiger partial charge in [0.2, 0.25) is 0 Å². The van der Waals surface area contributed by atoms with Crippen molar-refractivity contribution in [2.45, 2.75) is 0 Å². The lowest BCUT2D eigenvalue weighted by Crippen LogP contribution is -1.86. The van der Waals surface area contributed by atoms with Crippen LogP contribution in [-0.4, -0.2) is 14.8 Å². The first kappa shape index (κ1) is 7.94. The van der Waals surface area contributed by atoms with Crippen molar-refractivity contribution in [1.82, 2.24) is 14.8 Å². The molecule has 0 atom stereocenters. The van der Waals surface area contributed by atoms with Gasteiger partial charge in [0.25, 0.3) is 0 Å². The molecule has 2 heterocycles. The van der Waals surface area contributed by atoms with Gasteiger partial charge in [-0.2, -0.15) is 0 Å². The molecule has 14 heavy (non-hydrogen) atoms. The molecular weight excluding hydrogens is 242 g/mol. The van der Waals surface area contributed by atoms with E-state index in [0.29, 0.717) is 0 Å². The summed E-state index contributed by atoms with van der Waals surface area (Å²) < 4.78 is 2.86. The van der Waals surface area contributed by atoms with Crippen LogP contribution < -0.4 is 0 Å². The number of rotatable bonds is 0. The van der Waals surface area contributed by atoms with Gasteiger partial charge < -0.3 is 0 Å². The molecule has 3 rings (SSSR count). The molecule has 68 valence electrons. The number of aromatic nitrogens is 3. The predicted octanol–water partition coefficient (Wildman–Crippen LogP) is 2.65. The van der Waals surface area contributed by atoms with E-state index >= 15 is 0 Å². The standard InChI is InChI=1S/C10H6BrN3/c11-8-1-2-9-7(5-8)3-4-14-10(9)6-12-13-14/h1-6H. The van der Waals surface area contributed by atoms with Gasteiger partial charge in [-0.1, -0.05) is 27.2 Å². The predicted molar refractivity (Wildman–Crippen MR) is 58.2 cm³/mol. The van der Waals surface area contributed by atoms with E-state index in [4.69, 9.17) is 0 Å². The van der Waals surface area contributed by atoms with Crippen LogP contribution in [0.4, 0.5) is 0 Å². The minimum atomic E-state index is 1.04. The highest BCUT2D eigenvalue weighted by Gasteiger charge is 2.01. The smallest absolute Gasteiger partial charge is 0.0943 e. The number of fused-ring (bicyclic) bond motifs is 3. The highest BCUT2D eigenvalue weighted by Crippen LogP contribution is 2.22. The summed E-state index contributed by atoms with van der Waals surface area (Å²) in [6, 6.07) is 8.21. The average Bonchev–Trinajstić information content (AvgIpc) is 2.65. The number of halogens is 1. The van der Waals surface area contributed by atoms with E-state index in [-0.39, 0.29) is 0 Å². The Balaban J connectivity index is 2.57. The fourth-order valence-electron chi connectivity index (χ4n) is 1.60. The van der Waals surface area contributed by atoms with Crippen LogP contribution in [0.1, 0.15) is 0 Å². The fourth-order valence-corrected chi connectivity index (χ4v) is 1.98. The van der Waals surface area contributed by atoms with Crippen LogP contribution in [-0.2, 0) is 0 Å². The maximum atomic E-state index is 3.95. The summed E-state index contributed by atoms with van der Waals surface area (Å²) in [6.45, 7) is 0. The molecule has 0 fully saturated rings. The van der Waals surface area contributed by atoms with Crippen LogP contribution in [0.25, 0.3) is 16.3 Å². The SMILES string of the molecule is Brc1ccc2c(ccn3nncc23)c1. The zero-order chi connectivity index (χ0) is 9.54. The van der Waals surface area contributed by atoms with Crippen molar-refractivity contribution in [3.05, 3.63) is 41.1 Å². The second-order valence-corrected chi connectivity index (χ2v) is 4.03. The summed E-state index contributed by atoms with van der Waals surface area (Å²) in [7, 11) is 0. The minimum Gasteiger partial charge on any atom is -0.220 e. The molecule has 0 aliphatic carbocycles. The summed E-state index contributed by atoms with van der Waals surface area (Å²) in [5.74, 6) is 0. The highest BCUT2D eigenvalue weighted by atomic mass is 79.9. The maximum absolute atomic E-state index is 3.95. The molecule has 0 spiro atoms. The minimum absolute atomic E-state index is 1.04. The third-order valence-corrected chi connectivity index (χ3v) is 2.75. The first-order valence-corrected chi connectivity index (χ1v) is 5.02. The van der Waals surface area contributed by atoms with E-state index < -0.39 is 0 Å². The topological polar surface area (TPSA) is 30.2 Å². The zero-order valence-corrected chi connectivity index (χ0v) is 8.77. The molecule has 3 aromatic rings. The van der Waals surface area contributed by atoms with E-state index in [1.54, 1.807) is 10.7 Å². The largest absolute Gasteiger partial charge is 0.220 e. The Bertz CT molecular complexity index is 615. The number of benzene rings is 1. The molecule has 0 aliphatic heterocycles. The van der Waals surface area contributed by atoms with Gasteiger partial charge >= 0.3 is 0 Å². The van der Waals surface area contributed by atoms with Gasteiger partial charge in [0, 0.05) is 16.1 Å². The average molecular weight is 248 g/mol. The summed E-state index contributed by atoms with van der Waals surface area (Å²) in [4.78, 5) is 0. The van der Waals surface area contributed by atoms with Gasteiger partial charge in [0.1, 0.15) is 0 Å². The molecule has 2 aromatic heterocycles. The Morgan fingerprint density at radius 1 is 1.21 bits per heavy atom. The molecule has 0 radical (unpaired) electrons. The van der Waals surface area contributed by atoms with Crippen molar-refractivity contribution in [2.75, 3.05) is 0 Å². The Morgan fingerprint density at radius 3 is 3.07 bits per heavy atom. The maximum Gasteiger partial charge on any atom is 0.0943 e. The molecule has 0 saturated carbocycles. The van der Waals surface area contributed by atoms with E-state index in [0.717, 1.165) is 9.99 Å². The summed E-state index contributed by atoms with van der Waals surface area (Å²) in [6.07, 6.45) is 3.69. The Kier molecular flexibility index (Phi) is 1.58. The van der Waals surface area contributed by atoms with Crippen LogP contribution in [0.5, 0.6) is 0 Å². The monoisotopic (exact) mass is 247 g/mol. The third-order valence-electron chi connectivity index (χ3n) is 2.26. The van der Waals surface area contributed by atoms with Crippen LogP contribution in [0.15, 0.2) is 41.1 Å². The number of hydrogen-bond acceptors (Lipinski definition) is 2. The molecule has 3 nitrogen and oxygen atoms in total. The lowest BCUT2D eigenvalue weighted by atomic mass is 10.1. The summed E-state index contributed by atoms with van der Waals surface area (Å²) in [5, 5.41) is 10.2. The quantitative estimate of drug-likeness (QED) is 0.612. The van der Waals surface area contributed by atoms with Gasteiger partial charge in [0.05, 0.1) is 11.7 Å². The van der Waals surface area contributed by atoms with Crippen LogP contribution in [0.2, 0.25) is 0 Å². The van der Waals surface area contributed by atoms with Crippen molar-refractivity contribution in [3.8, 4) is 0 Å². The number of pyridine rings is 1. The Labute approximate surface area is 88.5 Å². The van der Waals surface area contributed by atoms with Crippen molar-refractivity contribution in [3.63, 3.8) is 0 Å². The molecule has 0 aliphatic rings. The van der Waals surface area contributed by atoms with E-state index in [1.807, 2.05) is 18.3 Å². The highest BCUT2D eigenvalue weighted by molar-refractivity contribution is 9.10. The number of nitrogens with zero attached hydrogens (tertiary/aromatic N) is 3. The molecule has 0 N–H and O–H groups in total. The van der Waals surface area contributed by atoms with Gasteiger partial charge in [-0.05, 0) is 23.6 Å². The van der Waals surface area contributed by atoms with Crippen molar-refractivity contribution in [2.24, 2.45) is 0 Å². The molecule has 4 heteroatoms. The second-order valence-electron chi connectivity index (χ2n) is 3.11. The van der Waals surface area contributed by atoms with Gasteiger partial charge in [-0.3, -0.25) is 0 Å². The Hall–Kier alpha value is -1.42. The fraction of sp³-hybridized carbons (Fsp3) is 0. The second kappa shape index (κ2) is 2.78. The van der Waals surface area contributed by atoms with Crippen molar-refractivity contribution >= 4 is 32.2 Å². The van der Waals surface area contributed by atoms with E-state index in [2.05, 4.69) is 38.4 Å². The van der Waals surface area contributed by atoms with Crippen LogP contribution in [0, 0.1) is 0 Å². The molecule has 0 unspecified atom stereocenters. The van der Waals surface area contributed by atoms with Gasteiger partial charge in [-0.25, -0.2) is 4.52 Å². The molecule has 0 bridgehead atoms. The van der Waals surface area contributed by atoms with Crippen molar-refractivity contribution < 1.29 is 0 Å². The van der Waals surface area contributed by atoms with Gasteiger partial charge in [-0.15, -0.1) is 5.10 Å². The summed E-state index contributed by atoms with van der Waals surface area (Å²) >= 11 is 3.45. The van der Waals surface area contributed by atoms with Crippen LogP contribution in [0.3, 0.4) is 0 Å². The molecule has 0 saturated heterocycles. The normalized spacial score (nSPS) is 11.2. The molecular formula is C10H6BrN3. The van der Waals surface area contributed by atoms with Gasteiger partial charge in [0.15, 0.2) is 0 Å². The first-order valence-electron chi connectivity index (χ1n) is 4.23. The third kappa shape index (κ3) is 1.04. The molecule has 1 aromatic carbocycles. The lowest BCUT2D eigenvalue weighted by Gasteiger charge is -1.99. The zero-order valence-electron chi connectivity index (χ0n) is 7.18. The molecule has 0 amide bonds. The summed E-state index contributed by atoms with van der Waals surface area (Å²) in [5.41, 5.74) is 1.04. The lowest BCUT2D eigenvalue weighted by molar-refractivity contribution is 0.858. The van der Waals surface area contributed by atoms with Crippen LogP contribution >= 0.6 is 15.9 Å².